The predicted molar refractivity (Wildman–Crippen MR) is 54.8 cm³/mol. The van der Waals surface area contributed by atoms with Crippen LogP contribution in [-0.4, -0.2) is 39.7 Å². The van der Waals surface area contributed by atoms with E-state index < -0.39 is 0 Å². The molecule has 2 unspecified atom stereocenters. The van der Waals surface area contributed by atoms with Crippen LogP contribution >= 0.6 is 27.7 Å². The number of carbonyl (C=O) groups excluding carboxylic acids is 1. The first-order valence-corrected chi connectivity index (χ1v) is 6.38. The highest BCUT2D eigenvalue weighted by Crippen LogP contribution is 2.28. The van der Waals surface area contributed by atoms with Crippen LogP contribution in [0.25, 0.3) is 0 Å². The van der Waals surface area contributed by atoms with Gasteiger partial charge in [-0.25, -0.2) is 0 Å². The summed E-state index contributed by atoms with van der Waals surface area (Å²) in [6.45, 7) is 0.958. The molecule has 0 aromatic heterocycles. The Kier molecular flexibility index (Phi) is 2.65. The second-order valence-corrected chi connectivity index (χ2v) is 5.56. The van der Waals surface area contributed by atoms with Gasteiger partial charge in [-0.3, -0.25) is 4.79 Å². The zero-order valence-electron chi connectivity index (χ0n) is 6.83. The molecular weight excluding hydrogens is 238 g/mol. The molecule has 68 valence electrons. The highest BCUT2D eigenvalue weighted by molar-refractivity contribution is 9.10. The molecule has 2 heterocycles. The molecule has 0 N–H and O–H groups in total. The molecule has 0 aliphatic carbocycles. The van der Waals surface area contributed by atoms with Gasteiger partial charge >= 0.3 is 0 Å². The highest BCUT2D eigenvalue weighted by Gasteiger charge is 2.35. The van der Waals surface area contributed by atoms with Gasteiger partial charge in [-0.2, -0.15) is 11.8 Å². The van der Waals surface area contributed by atoms with Gasteiger partial charge in [0.05, 0.1) is 4.83 Å². The summed E-state index contributed by atoms with van der Waals surface area (Å²) >= 11 is 5.36. The number of amides is 1. The largest absolute Gasteiger partial charge is 0.338 e. The Hall–Kier alpha value is 0.300. The summed E-state index contributed by atoms with van der Waals surface area (Å²) in [6, 6.07) is 0.532. The van der Waals surface area contributed by atoms with Gasteiger partial charge < -0.3 is 4.90 Å². The van der Waals surface area contributed by atoms with Gasteiger partial charge in [0.2, 0.25) is 5.91 Å². The molecular formula is C8H12BrNOS. The van der Waals surface area contributed by atoms with E-state index in [2.05, 4.69) is 20.8 Å². The van der Waals surface area contributed by atoms with Gasteiger partial charge in [-0.1, -0.05) is 15.9 Å². The first kappa shape index (κ1) is 8.88. The van der Waals surface area contributed by atoms with Crippen molar-refractivity contribution in [2.75, 3.05) is 18.1 Å². The second kappa shape index (κ2) is 3.58. The van der Waals surface area contributed by atoms with E-state index in [4.69, 9.17) is 0 Å². The van der Waals surface area contributed by atoms with Crippen LogP contribution in [0.4, 0.5) is 0 Å². The number of carbonyl (C=O) groups is 1. The molecule has 0 aromatic rings. The van der Waals surface area contributed by atoms with Crippen LogP contribution in [0.2, 0.25) is 0 Å². The van der Waals surface area contributed by atoms with Crippen molar-refractivity contribution in [3.8, 4) is 0 Å². The maximum Gasteiger partial charge on any atom is 0.236 e. The minimum Gasteiger partial charge on any atom is -0.338 e. The van der Waals surface area contributed by atoms with E-state index in [-0.39, 0.29) is 4.83 Å². The SMILES string of the molecule is O=C1C(Br)CCN1C1CCSC1. The van der Waals surface area contributed by atoms with Crippen molar-refractivity contribution in [3.63, 3.8) is 0 Å². The Labute approximate surface area is 85.2 Å². The summed E-state index contributed by atoms with van der Waals surface area (Å²) in [5, 5.41) is 0. The van der Waals surface area contributed by atoms with Crippen molar-refractivity contribution in [2.45, 2.75) is 23.7 Å². The minimum absolute atomic E-state index is 0.100. The van der Waals surface area contributed by atoms with Gasteiger partial charge in [0.25, 0.3) is 0 Å². The fourth-order valence-electron chi connectivity index (χ4n) is 1.80. The quantitative estimate of drug-likeness (QED) is 0.657. The number of thioether (sulfide) groups is 1. The van der Waals surface area contributed by atoms with Crippen LogP contribution in [0.3, 0.4) is 0 Å². The third-order valence-corrected chi connectivity index (χ3v) is 4.52. The van der Waals surface area contributed by atoms with Gasteiger partial charge in [-0.05, 0) is 18.6 Å². The van der Waals surface area contributed by atoms with Crippen molar-refractivity contribution >= 4 is 33.6 Å². The number of halogens is 1. The van der Waals surface area contributed by atoms with E-state index in [1.165, 1.54) is 12.2 Å². The molecule has 0 bridgehead atoms. The highest BCUT2D eigenvalue weighted by atomic mass is 79.9. The summed E-state index contributed by atoms with van der Waals surface area (Å²) in [7, 11) is 0. The van der Waals surface area contributed by atoms with E-state index >= 15 is 0 Å². The Balaban J connectivity index is 1.99. The van der Waals surface area contributed by atoms with Crippen molar-refractivity contribution in [3.05, 3.63) is 0 Å². The Bertz CT molecular complexity index is 193. The maximum absolute atomic E-state index is 11.6. The van der Waals surface area contributed by atoms with Crippen molar-refractivity contribution in [1.29, 1.82) is 0 Å². The smallest absolute Gasteiger partial charge is 0.236 e. The van der Waals surface area contributed by atoms with Crippen LogP contribution in [0.5, 0.6) is 0 Å². The van der Waals surface area contributed by atoms with Gasteiger partial charge in [0.1, 0.15) is 0 Å². The second-order valence-electron chi connectivity index (χ2n) is 3.31. The average Bonchev–Trinajstić information content (AvgIpc) is 2.64. The molecule has 2 saturated heterocycles. The summed E-state index contributed by atoms with van der Waals surface area (Å²) in [4.78, 5) is 13.7. The van der Waals surface area contributed by atoms with E-state index in [9.17, 15) is 4.79 Å². The first-order valence-electron chi connectivity index (χ1n) is 4.31. The Morgan fingerprint density at radius 3 is 2.83 bits per heavy atom. The number of hydrogen-bond acceptors (Lipinski definition) is 2. The minimum atomic E-state index is 0.100. The van der Waals surface area contributed by atoms with Gasteiger partial charge in [0.15, 0.2) is 0 Å². The molecule has 2 aliphatic heterocycles. The van der Waals surface area contributed by atoms with Gasteiger partial charge in [-0.15, -0.1) is 0 Å². The fourth-order valence-corrected chi connectivity index (χ4v) is 3.49. The number of nitrogens with zero attached hydrogens (tertiary/aromatic N) is 1. The van der Waals surface area contributed by atoms with Crippen LogP contribution in [0.15, 0.2) is 0 Å². The zero-order chi connectivity index (χ0) is 8.55. The molecule has 4 heteroatoms. The van der Waals surface area contributed by atoms with E-state index in [0.717, 1.165) is 18.7 Å². The molecule has 1 amide bonds. The molecule has 2 aliphatic rings. The molecule has 0 saturated carbocycles. The monoisotopic (exact) mass is 249 g/mol. The van der Waals surface area contributed by atoms with Crippen molar-refractivity contribution in [1.82, 2.24) is 4.90 Å². The van der Waals surface area contributed by atoms with Crippen molar-refractivity contribution < 1.29 is 4.79 Å². The van der Waals surface area contributed by atoms with Crippen LogP contribution in [-0.2, 0) is 4.79 Å². The lowest BCUT2D eigenvalue weighted by Crippen LogP contribution is -2.37. The molecule has 2 nitrogen and oxygen atoms in total. The number of alkyl halides is 1. The lowest BCUT2D eigenvalue weighted by atomic mass is 10.2. The Morgan fingerprint density at radius 2 is 2.33 bits per heavy atom. The van der Waals surface area contributed by atoms with Crippen LogP contribution < -0.4 is 0 Å². The topological polar surface area (TPSA) is 20.3 Å². The average molecular weight is 250 g/mol. The summed E-state index contributed by atoms with van der Waals surface area (Å²) in [5.74, 6) is 2.68. The lowest BCUT2D eigenvalue weighted by molar-refractivity contribution is -0.128. The summed E-state index contributed by atoms with van der Waals surface area (Å²) in [6.07, 6.45) is 2.18. The third kappa shape index (κ3) is 1.51. The molecule has 2 rings (SSSR count). The molecule has 2 fully saturated rings. The lowest BCUT2D eigenvalue weighted by Gasteiger charge is -2.22. The molecule has 0 radical (unpaired) electrons. The number of likely N-dealkylation sites (tertiary alicyclic amines) is 1. The predicted octanol–water partition coefficient (Wildman–Crippen LogP) is 1.49. The molecule has 12 heavy (non-hydrogen) atoms. The molecule has 2 atom stereocenters. The zero-order valence-corrected chi connectivity index (χ0v) is 9.23. The van der Waals surface area contributed by atoms with E-state index in [1.807, 2.05) is 11.8 Å². The third-order valence-electron chi connectivity index (χ3n) is 2.52. The van der Waals surface area contributed by atoms with Gasteiger partial charge in [0, 0.05) is 18.3 Å². The standard InChI is InChI=1S/C8H12BrNOS/c9-7-1-3-10(8(7)11)6-2-4-12-5-6/h6-7H,1-5H2. The Morgan fingerprint density at radius 1 is 1.50 bits per heavy atom. The summed E-state index contributed by atoms with van der Waals surface area (Å²) < 4.78 is 0. The maximum atomic E-state index is 11.6. The summed E-state index contributed by atoms with van der Waals surface area (Å²) in [5.41, 5.74) is 0. The van der Waals surface area contributed by atoms with E-state index in [0.29, 0.717) is 11.9 Å². The van der Waals surface area contributed by atoms with Crippen LogP contribution in [0, 0.1) is 0 Å². The number of rotatable bonds is 1. The molecule has 0 spiro atoms. The normalized spacial score (nSPS) is 36.4. The van der Waals surface area contributed by atoms with Crippen LogP contribution in [0.1, 0.15) is 12.8 Å². The molecule has 0 aromatic carbocycles. The van der Waals surface area contributed by atoms with Crippen molar-refractivity contribution in [2.24, 2.45) is 0 Å². The fraction of sp³-hybridized carbons (Fsp3) is 0.875. The first-order chi connectivity index (χ1) is 5.79. The number of hydrogen-bond donors (Lipinski definition) is 0. The van der Waals surface area contributed by atoms with E-state index in [1.54, 1.807) is 0 Å².